The Labute approximate surface area is 163 Å². The van der Waals surface area contributed by atoms with Crippen molar-refractivity contribution in [3.8, 4) is 0 Å². The average Bonchev–Trinajstić information content (AvgIpc) is 2.93. The summed E-state index contributed by atoms with van der Waals surface area (Å²) in [5.74, 6) is 0.495. The smallest absolute Gasteiger partial charge is 0.289 e. The zero-order valence-electron chi connectivity index (χ0n) is 14.7. The Kier molecular flexibility index (Phi) is 7.08. The Hall–Kier alpha value is -1.57. The minimum Gasteiger partial charge on any atom is -0.339 e. The van der Waals surface area contributed by atoms with Crippen LogP contribution in [0.4, 0.5) is 4.79 Å². The van der Waals surface area contributed by atoms with Crippen LogP contribution in [0, 0.1) is 5.92 Å². The number of thioether (sulfide) groups is 1. The van der Waals surface area contributed by atoms with Crippen LogP contribution in [0.25, 0.3) is 0 Å². The van der Waals surface area contributed by atoms with Gasteiger partial charge in [0.1, 0.15) is 0 Å². The zero-order valence-corrected chi connectivity index (χ0v) is 16.4. The Morgan fingerprint density at radius 3 is 2.58 bits per heavy atom. The monoisotopic (exact) mass is 397 g/mol. The first-order valence-corrected chi connectivity index (χ1v) is 9.55. The number of hydrogen-bond donors (Lipinski definition) is 1. The van der Waals surface area contributed by atoms with Crippen LogP contribution in [0.3, 0.4) is 0 Å². The van der Waals surface area contributed by atoms with Crippen LogP contribution in [0.2, 0.25) is 0 Å². The molecule has 1 aromatic rings. The van der Waals surface area contributed by atoms with Gasteiger partial charge >= 0.3 is 0 Å². The van der Waals surface area contributed by atoms with Gasteiger partial charge in [-0.05, 0) is 43.4 Å². The van der Waals surface area contributed by atoms with Gasteiger partial charge in [-0.2, -0.15) is 0 Å². The van der Waals surface area contributed by atoms with Crippen LogP contribution < -0.4 is 5.73 Å². The Morgan fingerprint density at radius 1 is 1.31 bits per heavy atom. The summed E-state index contributed by atoms with van der Waals surface area (Å²) in [6, 6.07) is 7.36. The number of nitrogens with two attached hydrogens (primary N) is 1. The predicted octanol–water partition coefficient (Wildman–Crippen LogP) is 2.50. The molecule has 0 saturated carbocycles. The van der Waals surface area contributed by atoms with E-state index in [9.17, 15) is 14.4 Å². The third-order valence-electron chi connectivity index (χ3n) is 4.93. The molecule has 2 aliphatic rings. The standard InChI is InChI=1S/C18H23N3O3S.ClH/c1-12(19)14-5-7-20(8-6-14)17(23)15-4-2-3-13(9-15)10-21-16(22)11-25-18(21)24;/h2-4,9,12,14H,5-8,10-11,19H2,1H3;1H. The molecule has 8 heteroatoms. The summed E-state index contributed by atoms with van der Waals surface area (Å²) in [5, 5.41) is -0.222. The number of benzene rings is 1. The molecule has 1 atom stereocenters. The molecule has 0 radical (unpaired) electrons. The Balaban J connectivity index is 0.00000243. The number of piperidine rings is 1. The van der Waals surface area contributed by atoms with Crippen LogP contribution in [-0.2, 0) is 11.3 Å². The van der Waals surface area contributed by atoms with E-state index in [1.54, 1.807) is 18.2 Å². The summed E-state index contributed by atoms with van der Waals surface area (Å²) in [5.41, 5.74) is 7.35. The number of hydrogen-bond acceptors (Lipinski definition) is 5. The van der Waals surface area contributed by atoms with Gasteiger partial charge in [0.15, 0.2) is 0 Å². The van der Waals surface area contributed by atoms with Crippen LogP contribution >= 0.6 is 24.2 Å². The van der Waals surface area contributed by atoms with Gasteiger partial charge in [-0.3, -0.25) is 19.3 Å². The summed E-state index contributed by atoms with van der Waals surface area (Å²) in [7, 11) is 0. The highest BCUT2D eigenvalue weighted by Gasteiger charge is 2.30. The molecule has 1 unspecified atom stereocenters. The lowest BCUT2D eigenvalue weighted by Gasteiger charge is -2.33. The van der Waals surface area contributed by atoms with E-state index in [-0.39, 0.29) is 47.8 Å². The van der Waals surface area contributed by atoms with Gasteiger partial charge in [0, 0.05) is 24.7 Å². The van der Waals surface area contributed by atoms with E-state index < -0.39 is 0 Å². The highest BCUT2D eigenvalue weighted by Crippen LogP contribution is 2.23. The van der Waals surface area contributed by atoms with Crippen molar-refractivity contribution in [3.63, 3.8) is 0 Å². The van der Waals surface area contributed by atoms with Crippen molar-refractivity contribution in [3.05, 3.63) is 35.4 Å². The van der Waals surface area contributed by atoms with E-state index in [4.69, 9.17) is 5.73 Å². The van der Waals surface area contributed by atoms with Crippen molar-refractivity contribution < 1.29 is 14.4 Å². The number of carbonyl (C=O) groups excluding carboxylic acids is 3. The summed E-state index contributed by atoms with van der Waals surface area (Å²) in [6.07, 6.45) is 1.86. The average molecular weight is 398 g/mol. The van der Waals surface area contributed by atoms with Crippen molar-refractivity contribution in [2.24, 2.45) is 11.7 Å². The van der Waals surface area contributed by atoms with Crippen LogP contribution in [0.1, 0.15) is 35.7 Å². The molecule has 26 heavy (non-hydrogen) atoms. The Morgan fingerprint density at radius 2 is 2.00 bits per heavy atom. The second kappa shape index (κ2) is 8.88. The van der Waals surface area contributed by atoms with Gasteiger partial charge < -0.3 is 10.6 Å². The molecule has 2 N–H and O–H groups in total. The van der Waals surface area contributed by atoms with Gasteiger partial charge in [0.25, 0.3) is 11.1 Å². The molecule has 2 fully saturated rings. The van der Waals surface area contributed by atoms with Crippen LogP contribution in [-0.4, -0.2) is 51.7 Å². The maximum Gasteiger partial charge on any atom is 0.289 e. The largest absolute Gasteiger partial charge is 0.339 e. The quantitative estimate of drug-likeness (QED) is 0.843. The molecular formula is C18H24ClN3O3S. The van der Waals surface area contributed by atoms with E-state index >= 15 is 0 Å². The molecule has 0 bridgehead atoms. The zero-order chi connectivity index (χ0) is 18.0. The van der Waals surface area contributed by atoms with Gasteiger partial charge in [-0.1, -0.05) is 23.9 Å². The topological polar surface area (TPSA) is 83.7 Å². The molecule has 3 rings (SSSR count). The van der Waals surface area contributed by atoms with Crippen molar-refractivity contribution in [2.75, 3.05) is 18.8 Å². The Bertz CT molecular complexity index is 674. The third-order valence-corrected chi connectivity index (χ3v) is 5.78. The van der Waals surface area contributed by atoms with E-state index in [1.165, 1.54) is 4.90 Å². The second-order valence-electron chi connectivity index (χ2n) is 6.72. The summed E-state index contributed by atoms with van der Waals surface area (Å²) in [4.78, 5) is 39.3. The van der Waals surface area contributed by atoms with Crippen LogP contribution in [0.5, 0.6) is 0 Å². The first-order chi connectivity index (χ1) is 12.0. The lowest BCUT2D eigenvalue weighted by Crippen LogP contribution is -2.42. The number of amides is 3. The molecular weight excluding hydrogens is 374 g/mol. The number of likely N-dealkylation sites (tertiary alicyclic amines) is 1. The predicted molar refractivity (Wildman–Crippen MR) is 104 cm³/mol. The van der Waals surface area contributed by atoms with Gasteiger partial charge in [-0.25, -0.2) is 0 Å². The first kappa shape index (κ1) is 20.7. The van der Waals surface area contributed by atoms with Gasteiger partial charge in [0.05, 0.1) is 12.3 Å². The molecule has 0 aliphatic carbocycles. The number of carbonyl (C=O) groups is 3. The highest BCUT2D eigenvalue weighted by atomic mass is 35.5. The van der Waals surface area contributed by atoms with E-state index in [2.05, 4.69) is 0 Å². The molecule has 6 nitrogen and oxygen atoms in total. The van der Waals surface area contributed by atoms with Crippen LogP contribution in [0.15, 0.2) is 24.3 Å². The maximum atomic E-state index is 12.7. The normalized spacial score (nSPS) is 19.5. The minimum atomic E-state index is -0.222. The van der Waals surface area contributed by atoms with Crippen molar-refractivity contribution in [2.45, 2.75) is 32.4 Å². The molecule has 0 aromatic heterocycles. The molecule has 2 heterocycles. The molecule has 0 spiro atoms. The fraction of sp³-hybridized carbons (Fsp3) is 0.500. The van der Waals surface area contributed by atoms with Crippen molar-refractivity contribution in [1.82, 2.24) is 9.80 Å². The lowest BCUT2D eigenvalue weighted by atomic mass is 9.90. The summed E-state index contributed by atoms with van der Waals surface area (Å²) in [6.45, 7) is 3.67. The third kappa shape index (κ3) is 4.58. The second-order valence-corrected chi connectivity index (χ2v) is 7.65. The fourth-order valence-electron chi connectivity index (χ4n) is 3.33. The van der Waals surface area contributed by atoms with E-state index in [1.807, 2.05) is 17.9 Å². The van der Waals surface area contributed by atoms with E-state index in [0.717, 1.165) is 43.3 Å². The SMILES string of the molecule is CC(N)C1CCN(C(=O)c2cccc(CN3C(=O)CSC3=O)c2)CC1.Cl. The molecule has 142 valence electrons. The van der Waals surface area contributed by atoms with Crippen molar-refractivity contribution >= 4 is 41.2 Å². The summed E-state index contributed by atoms with van der Waals surface area (Å²) < 4.78 is 0. The van der Waals surface area contributed by atoms with Gasteiger partial charge in [-0.15, -0.1) is 12.4 Å². The fourth-order valence-corrected chi connectivity index (χ4v) is 4.06. The number of halogens is 1. The number of nitrogens with zero attached hydrogens (tertiary/aromatic N) is 2. The highest BCUT2D eigenvalue weighted by molar-refractivity contribution is 8.14. The molecule has 2 aliphatic heterocycles. The number of imide groups is 1. The molecule has 3 amide bonds. The van der Waals surface area contributed by atoms with E-state index in [0.29, 0.717) is 11.5 Å². The molecule has 2 saturated heterocycles. The summed E-state index contributed by atoms with van der Waals surface area (Å²) >= 11 is 1.02. The molecule has 1 aromatic carbocycles. The minimum absolute atomic E-state index is 0. The number of rotatable bonds is 4. The first-order valence-electron chi connectivity index (χ1n) is 8.56. The maximum absolute atomic E-state index is 12.7. The lowest BCUT2D eigenvalue weighted by molar-refractivity contribution is -0.125. The van der Waals surface area contributed by atoms with Crippen molar-refractivity contribution in [1.29, 1.82) is 0 Å². The van der Waals surface area contributed by atoms with Gasteiger partial charge in [0.2, 0.25) is 5.91 Å².